The molecule has 1 aromatic rings. The average molecular weight is 263 g/mol. The van der Waals surface area contributed by atoms with Gasteiger partial charge in [-0.1, -0.05) is 12.1 Å². The zero-order valence-electron chi connectivity index (χ0n) is 9.48. The Bertz CT molecular complexity index is 359. The number of methoxy groups -OCH3 is 1. The molecule has 0 bridgehead atoms. The first-order valence-corrected chi connectivity index (χ1v) is 4.92. The minimum absolute atomic E-state index is 0. The van der Waals surface area contributed by atoms with Gasteiger partial charge in [-0.05, 0) is 17.7 Å². The Kier molecular flexibility index (Phi) is 7.45. The van der Waals surface area contributed by atoms with Crippen molar-refractivity contribution < 1.29 is 13.9 Å². The van der Waals surface area contributed by atoms with E-state index in [1.54, 1.807) is 12.1 Å². The normalized spacial score (nSPS) is 11.5. The van der Waals surface area contributed by atoms with Crippen molar-refractivity contribution in [3.63, 3.8) is 0 Å². The van der Waals surface area contributed by atoms with Crippen molar-refractivity contribution in [1.82, 2.24) is 5.32 Å². The molecular formula is C11H16ClFN2O2. The van der Waals surface area contributed by atoms with Gasteiger partial charge in [0.25, 0.3) is 5.91 Å². The lowest BCUT2D eigenvalue weighted by Crippen LogP contribution is -2.40. The Balaban J connectivity index is 0.00000256. The van der Waals surface area contributed by atoms with E-state index >= 15 is 0 Å². The molecule has 0 radical (unpaired) electrons. The van der Waals surface area contributed by atoms with Crippen molar-refractivity contribution in [3.8, 4) is 0 Å². The Hall–Kier alpha value is -1.17. The molecule has 0 aliphatic heterocycles. The Morgan fingerprint density at radius 2 is 2.29 bits per heavy atom. The number of carbonyl (C=O) groups is 1. The number of carbonyl (C=O) groups excluding carboxylic acids is 1. The third-order valence-electron chi connectivity index (χ3n) is 2.15. The Morgan fingerprint density at radius 3 is 2.82 bits per heavy atom. The molecule has 0 aliphatic carbocycles. The van der Waals surface area contributed by atoms with Gasteiger partial charge in [-0.25, -0.2) is 4.39 Å². The summed E-state index contributed by atoms with van der Waals surface area (Å²) in [6.45, 7) is 0.377. The van der Waals surface area contributed by atoms with Crippen LogP contribution < -0.4 is 11.1 Å². The van der Waals surface area contributed by atoms with Gasteiger partial charge in [-0.3, -0.25) is 4.79 Å². The van der Waals surface area contributed by atoms with E-state index in [0.717, 1.165) is 0 Å². The maximum absolute atomic E-state index is 12.8. The molecule has 1 unspecified atom stereocenters. The molecule has 6 heteroatoms. The quantitative estimate of drug-likeness (QED) is 0.826. The average Bonchev–Trinajstić information content (AvgIpc) is 2.28. The second-order valence-electron chi connectivity index (χ2n) is 3.31. The van der Waals surface area contributed by atoms with Crippen molar-refractivity contribution in [1.29, 1.82) is 0 Å². The van der Waals surface area contributed by atoms with Gasteiger partial charge < -0.3 is 15.8 Å². The second-order valence-corrected chi connectivity index (χ2v) is 3.31. The molecule has 0 heterocycles. The van der Waals surface area contributed by atoms with Crippen molar-refractivity contribution in [2.45, 2.75) is 12.6 Å². The van der Waals surface area contributed by atoms with Gasteiger partial charge in [0, 0.05) is 20.2 Å². The molecule has 1 rings (SSSR count). The van der Waals surface area contributed by atoms with Crippen LogP contribution in [0.3, 0.4) is 0 Å². The fourth-order valence-corrected chi connectivity index (χ4v) is 1.26. The van der Waals surface area contributed by atoms with Crippen LogP contribution in [-0.4, -0.2) is 25.7 Å². The predicted molar refractivity (Wildman–Crippen MR) is 65.3 cm³/mol. The van der Waals surface area contributed by atoms with E-state index in [2.05, 4.69) is 5.32 Å². The lowest BCUT2D eigenvalue weighted by Gasteiger charge is -2.12. The number of nitrogens with one attached hydrogen (secondary N) is 1. The molecular weight excluding hydrogens is 247 g/mol. The summed E-state index contributed by atoms with van der Waals surface area (Å²) in [5.41, 5.74) is 6.03. The summed E-state index contributed by atoms with van der Waals surface area (Å²) >= 11 is 0. The monoisotopic (exact) mass is 262 g/mol. The molecule has 1 atom stereocenters. The van der Waals surface area contributed by atoms with E-state index in [4.69, 9.17) is 10.5 Å². The molecule has 1 aromatic carbocycles. The topological polar surface area (TPSA) is 64.3 Å². The minimum Gasteiger partial charge on any atom is -0.370 e. The molecule has 0 spiro atoms. The van der Waals surface area contributed by atoms with Crippen LogP contribution in [0, 0.1) is 5.82 Å². The molecule has 0 fully saturated rings. The second kappa shape index (κ2) is 8.00. The van der Waals surface area contributed by atoms with Crippen LogP contribution in [0.1, 0.15) is 5.56 Å². The number of hydrogen-bond acceptors (Lipinski definition) is 3. The Morgan fingerprint density at radius 1 is 1.59 bits per heavy atom. The van der Waals surface area contributed by atoms with Gasteiger partial charge in [-0.2, -0.15) is 0 Å². The van der Waals surface area contributed by atoms with Gasteiger partial charge in [0.1, 0.15) is 11.9 Å². The number of hydrogen-bond donors (Lipinski definition) is 2. The largest absolute Gasteiger partial charge is 0.370 e. The van der Waals surface area contributed by atoms with Crippen molar-refractivity contribution in [2.75, 3.05) is 13.7 Å². The lowest BCUT2D eigenvalue weighted by atomic mass is 10.2. The number of rotatable bonds is 5. The summed E-state index contributed by atoms with van der Waals surface area (Å²) in [5.74, 6) is -0.622. The number of halogens is 2. The number of amides is 1. The third kappa shape index (κ3) is 5.12. The zero-order valence-corrected chi connectivity index (χ0v) is 10.3. The zero-order chi connectivity index (χ0) is 12.0. The standard InChI is InChI=1S/C11H15FN2O2.ClH/c1-16-10(6-13)11(15)14-7-8-3-2-4-9(12)5-8;/h2-5,10H,6-7,13H2,1H3,(H,14,15);1H. The molecule has 3 N–H and O–H groups in total. The highest BCUT2D eigenvalue weighted by atomic mass is 35.5. The maximum Gasteiger partial charge on any atom is 0.250 e. The fraction of sp³-hybridized carbons (Fsp3) is 0.364. The van der Waals surface area contributed by atoms with Gasteiger partial charge in [0.05, 0.1) is 0 Å². The van der Waals surface area contributed by atoms with Crippen LogP contribution in [0.5, 0.6) is 0 Å². The number of nitrogens with two attached hydrogens (primary N) is 1. The van der Waals surface area contributed by atoms with Gasteiger partial charge in [0.2, 0.25) is 0 Å². The van der Waals surface area contributed by atoms with Gasteiger partial charge in [-0.15, -0.1) is 12.4 Å². The summed E-state index contributed by atoms with van der Waals surface area (Å²) in [6, 6.07) is 6.04. The van der Waals surface area contributed by atoms with E-state index < -0.39 is 6.10 Å². The van der Waals surface area contributed by atoms with E-state index in [0.29, 0.717) is 5.56 Å². The van der Waals surface area contributed by atoms with E-state index in [9.17, 15) is 9.18 Å². The van der Waals surface area contributed by atoms with Crippen LogP contribution in [-0.2, 0) is 16.1 Å². The van der Waals surface area contributed by atoms with Crippen LogP contribution in [0.15, 0.2) is 24.3 Å². The summed E-state index contributed by atoms with van der Waals surface area (Å²) < 4.78 is 17.7. The third-order valence-corrected chi connectivity index (χ3v) is 2.15. The van der Waals surface area contributed by atoms with Crippen LogP contribution in [0.4, 0.5) is 4.39 Å². The summed E-state index contributed by atoms with van der Waals surface area (Å²) in [7, 11) is 1.42. The first-order chi connectivity index (χ1) is 7.67. The van der Waals surface area contributed by atoms with E-state index in [1.165, 1.54) is 19.2 Å². The lowest BCUT2D eigenvalue weighted by molar-refractivity contribution is -0.130. The highest BCUT2D eigenvalue weighted by molar-refractivity contribution is 5.85. The number of ether oxygens (including phenoxy) is 1. The van der Waals surface area contributed by atoms with Crippen LogP contribution >= 0.6 is 12.4 Å². The maximum atomic E-state index is 12.8. The van der Waals surface area contributed by atoms with Gasteiger partial charge in [0.15, 0.2) is 0 Å². The van der Waals surface area contributed by atoms with E-state index in [-0.39, 0.29) is 37.2 Å². The molecule has 96 valence electrons. The summed E-state index contributed by atoms with van der Waals surface area (Å²) in [6.07, 6.45) is -0.659. The fourth-order valence-electron chi connectivity index (χ4n) is 1.26. The molecule has 0 aliphatic rings. The molecule has 1 amide bonds. The predicted octanol–water partition coefficient (Wildman–Crippen LogP) is 0.837. The van der Waals surface area contributed by atoms with Crippen LogP contribution in [0.2, 0.25) is 0 Å². The SMILES string of the molecule is COC(CN)C(=O)NCc1cccc(F)c1.Cl. The van der Waals surface area contributed by atoms with Crippen molar-refractivity contribution in [3.05, 3.63) is 35.6 Å². The molecule has 17 heavy (non-hydrogen) atoms. The first-order valence-electron chi connectivity index (χ1n) is 4.92. The first kappa shape index (κ1) is 15.8. The molecule has 0 aromatic heterocycles. The van der Waals surface area contributed by atoms with Gasteiger partial charge >= 0.3 is 0 Å². The minimum atomic E-state index is -0.659. The highest BCUT2D eigenvalue weighted by Crippen LogP contribution is 2.03. The summed E-state index contributed by atoms with van der Waals surface area (Å²) in [5, 5.41) is 2.62. The Labute approximate surface area is 106 Å². The molecule has 0 saturated heterocycles. The summed E-state index contributed by atoms with van der Waals surface area (Å²) in [4.78, 5) is 11.5. The van der Waals surface area contributed by atoms with Crippen molar-refractivity contribution >= 4 is 18.3 Å². The van der Waals surface area contributed by atoms with Crippen LogP contribution in [0.25, 0.3) is 0 Å². The smallest absolute Gasteiger partial charge is 0.250 e. The number of benzene rings is 1. The van der Waals surface area contributed by atoms with Crippen molar-refractivity contribution in [2.24, 2.45) is 5.73 Å². The highest BCUT2D eigenvalue weighted by Gasteiger charge is 2.14. The molecule has 0 saturated carbocycles. The molecule has 4 nitrogen and oxygen atoms in total. The van der Waals surface area contributed by atoms with E-state index in [1.807, 2.05) is 0 Å².